The highest BCUT2D eigenvalue weighted by atomic mass is 35.5. The highest BCUT2D eigenvalue weighted by Crippen LogP contribution is 2.32. The first-order valence-electron chi connectivity index (χ1n) is 8.54. The van der Waals surface area contributed by atoms with Crippen molar-refractivity contribution in [1.82, 2.24) is 9.88 Å². The molecule has 0 N–H and O–H groups in total. The molecular weight excluding hydrogens is 401 g/mol. The Morgan fingerprint density at radius 3 is 2.59 bits per heavy atom. The van der Waals surface area contributed by atoms with E-state index in [2.05, 4.69) is 9.88 Å². The summed E-state index contributed by atoms with van der Waals surface area (Å²) in [6.45, 7) is 3.50. The van der Waals surface area contributed by atoms with Crippen LogP contribution < -0.4 is 4.90 Å². The Labute approximate surface area is 175 Å². The average molecular weight is 424 g/mol. The average Bonchev–Trinajstić information content (AvgIpc) is 3.01. The molecule has 3 rings (SSSR count). The largest absolute Gasteiger partial charge is 0.309 e. The minimum absolute atomic E-state index is 0. The molecule has 27 heavy (non-hydrogen) atoms. The Hall–Kier alpha value is -1.66. The van der Waals surface area contributed by atoms with Crippen molar-refractivity contribution in [1.29, 1.82) is 0 Å². The number of aromatic nitrogens is 1. The number of hydrogen-bond donors (Lipinski definition) is 0. The predicted octanol–water partition coefficient (Wildman–Crippen LogP) is 5.28. The number of aryl methyl sites for hydroxylation is 1. The molecule has 1 aromatic heterocycles. The van der Waals surface area contributed by atoms with Crippen molar-refractivity contribution in [2.75, 3.05) is 32.1 Å². The van der Waals surface area contributed by atoms with Crippen LogP contribution in [-0.4, -0.2) is 43.0 Å². The molecule has 0 radical (unpaired) electrons. The van der Waals surface area contributed by atoms with E-state index in [4.69, 9.17) is 11.6 Å². The molecule has 3 aromatic rings. The van der Waals surface area contributed by atoms with Crippen molar-refractivity contribution in [3.05, 3.63) is 58.6 Å². The smallest absolute Gasteiger partial charge is 0.260 e. The molecule has 0 atom stereocenters. The maximum absolute atomic E-state index is 13.2. The van der Waals surface area contributed by atoms with Crippen LogP contribution >= 0.6 is 35.3 Å². The summed E-state index contributed by atoms with van der Waals surface area (Å²) < 4.78 is 0.989. The number of carbonyl (C=O) groups excluding carboxylic acids is 1. The number of fused-ring (bicyclic) bond motifs is 1. The summed E-state index contributed by atoms with van der Waals surface area (Å²) in [6.07, 6.45) is 0.876. The maximum atomic E-state index is 13.2. The Morgan fingerprint density at radius 1 is 1.15 bits per heavy atom. The second kappa shape index (κ2) is 9.51. The molecule has 1 amide bonds. The van der Waals surface area contributed by atoms with E-state index in [0.29, 0.717) is 16.7 Å². The molecule has 2 aromatic carbocycles. The topological polar surface area (TPSA) is 36.4 Å². The van der Waals surface area contributed by atoms with Crippen molar-refractivity contribution < 1.29 is 4.79 Å². The van der Waals surface area contributed by atoms with Crippen molar-refractivity contribution in [3.8, 4) is 0 Å². The van der Waals surface area contributed by atoms with E-state index >= 15 is 0 Å². The van der Waals surface area contributed by atoms with Crippen LogP contribution in [0.5, 0.6) is 0 Å². The lowest BCUT2D eigenvalue weighted by atomic mass is 10.1. The van der Waals surface area contributed by atoms with Gasteiger partial charge in [0.2, 0.25) is 0 Å². The Morgan fingerprint density at radius 2 is 1.89 bits per heavy atom. The molecule has 0 unspecified atom stereocenters. The number of hydrogen-bond acceptors (Lipinski definition) is 4. The van der Waals surface area contributed by atoms with Crippen LogP contribution in [0.3, 0.4) is 0 Å². The molecule has 0 saturated carbocycles. The monoisotopic (exact) mass is 423 g/mol. The van der Waals surface area contributed by atoms with Crippen molar-refractivity contribution in [2.45, 2.75) is 13.3 Å². The van der Waals surface area contributed by atoms with Crippen LogP contribution in [0.15, 0.2) is 42.5 Å². The van der Waals surface area contributed by atoms with E-state index in [1.807, 2.05) is 63.5 Å². The van der Waals surface area contributed by atoms with Crippen LogP contribution in [0.1, 0.15) is 22.3 Å². The summed E-state index contributed by atoms with van der Waals surface area (Å²) in [5.74, 6) is -0.00740. The number of anilines is 1. The summed E-state index contributed by atoms with van der Waals surface area (Å²) in [5.41, 5.74) is 2.55. The molecule has 7 heteroatoms. The number of halogens is 2. The van der Waals surface area contributed by atoms with Crippen molar-refractivity contribution in [2.24, 2.45) is 0 Å². The van der Waals surface area contributed by atoms with E-state index < -0.39 is 0 Å². The van der Waals surface area contributed by atoms with Crippen molar-refractivity contribution >= 4 is 56.6 Å². The predicted molar refractivity (Wildman–Crippen MR) is 118 cm³/mol. The molecule has 0 spiro atoms. The molecule has 0 bridgehead atoms. The number of benzene rings is 2. The summed E-state index contributed by atoms with van der Waals surface area (Å²) in [7, 11) is 4.07. The summed E-state index contributed by atoms with van der Waals surface area (Å²) in [6, 6.07) is 13.3. The lowest BCUT2D eigenvalue weighted by Crippen LogP contribution is -2.33. The fourth-order valence-corrected chi connectivity index (χ4v) is 4.06. The first-order chi connectivity index (χ1) is 12.5. The molecule has 1 heterocycles. The van der Waals surface area contributed by atoms with Crippen LogP contribution in [0.2, 0.25) is 5.02 Å². The van der Waals surface area contributed by atoms with Crippen LogP contribution in [-0.2, 0) is 0 Å². The third-order valence-corrected chi connectivity index (χ3v) is 5.45. The van der Waals surface area contributed by atoms with E-state index in [1.165, 1.54) is 11.3 Å². The lowest BCUT2D eigenvalue weighted by molar-refractivity contribution is 0.0985. The van der Waals surface area contributed by atoms with Gasteiger partial charge in [0.15, 0.2) is 5.13 Å². The maximum Gasteiger partial charge on any atom is 0.260 e. The van der Waals surface area contributed by atoms with E-state index in [9.17, 15) is 4.79 Å². The highest BCUT2D eigenvalue weighted by Gasteiger charge is 2.22. The molecular formula is C20H23Cl2N3OS. The zero-order valence-electron chi connectivity index (χ0n) is 15.6. The first kappa shape index (κ1) is 21.6. The number of carbonyl (C=O) groups is 1. The van der Waals surface area contributed by atoms with Gasteiger partial charge in [0.1, 0.15) is 0 Å². The third kappa shape index (κ3) is 5.20. The minimum atomic E-state index is -0.00740. The van der Waals surface area contributed by atoms with Crippen LogP contribution in [0, 0.1) is 6.92 Å². The quantitative estimate of drug-likeness (QED) is 0.540. The van der Waals surface area contributed by atoms with Crippen LogP contribution in [0.4, 0.5) is 5.13 Å². The van der Waals surface area contributed by atoms with Gasteiger partial charge in [0, 0.05) is 17.1 Å². The summed E-state index contributed by atoms with van der Waals surface area (Å²) >= 11 is 7.60. The molecule has 4 nitrogen and oxygen atoms in total. The summed E-state index contributed by atoms with van der Waals surface area (Å²) in [4.78, 5) is 21.8. The third-order valence-electron chi connectivity index (χ3n) is 4.18. The van der Waals surface area contributed by atoms with Gasteiger partial charge in [-0.2, -0.15) is 0 Å². The fraction of sp³-hybridized carbons (Fsp3) is 0.300. The minimum Gasteiger partial charge on any atom is -0.309 e. The Kier molecular flexibility index (Phi) is 7.62. The Bertz CT molecular complexity index is 926. The lowest BCUT2D eigenvalue weighted by Gasteiger charge is -2.21. The van der Waals surface area contributed by atoms with E-state index in [0.717, 1.165) is 34.3 Å². The Balaban J connectivity index is 0.00000261. The van der Waals surface area contributed by atoms with Gasteiger partial charge < -0.3 is 4.90 Å². The van der Waals surface area contributed by atoms with Crippen molar-refractivity contribution in [3.63, 3.8) is 0 Å². The van der Waals surface area contributed by atoms with Gasteiger partial charge in [0.25, 0.3) is 5.91 Å². The molecule has 0 aliphatic carbocycles. The SMILES string of the molecule is Cc1ccccc1C(=O)N(CCCN(C)C)c1nc2ccc(Cl)cc2s1.Cl. The fourth-order valence-electron chi connectivity index (χ4n) is 2.79. The van der Waals surface area contributed by atoms with Gasteiger partial charge in [-0.15, -0.1) is 12.4 Å². The van der Waals surface area contributed by atoms with Gasteiger partial charge in [-0.1, -0.05) is 41.1 Å². The molecule has 0 saturated heterocycles. The molecule has 0 fully saturated rings. The van der Waals surface area contributed by atoms with Gasteiger partial charge in [-0.05, 0) is 63.8 Å². The summed E-state index contributed by atoms with van der Waals surface area (Å²) in [5, 5.41) is 1.39. The molecule has 0 aliphatic heterocycles. The van der Waals surface area contributed by atoms with E-state index in [1.54, 1.807) is 4.90 Å². The zero-order chi connectivity index (χ0) is 18.7. The van der Waals surface area contributed by atoms with Gasteiger partial charge in [0.05, 0.1) is 10.2 Å². The van der Waals surface area contributed by atoms with E-state index in [-0.39, 0.29) is 18.3 Å². The van der Waals surface area contributed by atoms with Crippen LogP contribution in [0.25, 0.3) is 10.2 Å². The number of rotatable bonds is 6. The standard InChI is InChI=1S/C20H22ClN3OS.ClH/c1-14-7-4-5-8-16(14)19(25)24(12-6-11-23(2)3)20-22-17-10-9-15(21)13-18(17)26-20;/h4-5,7-10,13H,6,11-12H2,1-3H3;1H. The van der Waals surface area contributed by atoms with Gasteiger partial charge in [-0.3, -0.25) is 9.69 Å². The first-order valence-corrected chi connectivity index (χ1v) is 9.73. The molecule has 0 aliphatic rings. The number of nitrogens with zero attached hydrogens (tertiary/aromatic N) is 3. The second-order valence-corrected chi connectivity index (χ2v) is 7.98. The number of amides is 1. The van der Waals surface area contributed by atoms with Gasteiger partial charge in [-0.25, -0.2) is 4.98 Å². The molecule has 144 valence electrons. The highest BCUT2D eigenvalue weighted by molar-refractivity contribution is 7.22. The number of thiazole rings is 1. The van der Waals surface area contributed by atoms with Gasteiger partial charge >= 0.3 is 0 Å². The zero-order valence-corrected chi connectivity index (χ0v) is 18.0. The second-order valence-electron chi connectivity index (χ2n) is 6.54. The normalized spacial score (nSPS) is 10.9.